The maximum Gasteiger partial charge on any atom is 0.317 e. The van der Waals surface area contributed by atoms with Gasteiger partial charge in [0, 0.05) is 31.0 Å². The molecule has 0 aromatic heterocycles. The molecule has 6 unspecified atom stereocenters. The zero-order valence-corrected chi connectivity index (χ0v) is 19.3. The first-order valence-corrected chi connectivity index (χ1v) is 11.4. The number of allylic oxidation sites excluding steroid dienone is 1. The first-order valence-electron chi connectivity index (χ1n) is 11.4. The number of esters is 2. The Hall–Kier alpha value is -2.38. The Morgan fingerprint density at radius 1 is 1.31 bits per heavy atom. The Labute approximate surface area is 188 Å². The fourth-order valence-electron chi connectivity index (χ4n) is 8.55. The van der Waals surface area contributed by atoms with Gasteiger partial charge in [-0.2, -0.15) is 0 Å². The van der Waals surface area contributed by atoms with E-state index < -0.39 is 27.9 Å². The SMILES string of the molecule is C/C=C1/CN2C3CC45c6ccccc6NC4(O3)C2(C)CC1(C)C5(COC(C)=O)C(=O)OC. The number of ether oxygens (including phenoxy) is 3. The molecule has 7 nitrogen and oxygen atoms in total. The summed E-state index contributed by atoms with van der Waals surface area (Å²) in [5, 5.41) is 3.76. The average Bonchev–Trinajstić information content (AvgIpc) is 3.32. The van der Waals surface area contributed by atoms with Gasteiger partial charge < -0.3 is 19.5 Å². The minimum absolute atomic E-state index is 0.0488. The predicted octanol–water partition coefficient (Wildman–Crippen LogP) is 2.96. The van der Waals surface area contributed by atoms with Crippen LogP contribution in [0.3, 0.4) is 0 Å². The summed E-state index contributed by atoms with van der Waals surface area (Å²) >= 11 is 0. The molecule has 0 amide bonds. The normalized spacial score (nSPS) is 46.0. The molecule has 6 rings (SSSR count). The second kappa shape index (κ2) is 5.75. The third-order valence-electron chi connectivity index (χ3n) is 9.62. The number of carbonyl (C=O) groups is 2. The molecule has 1 aromatic carbocycles. The molecule has 170 valence electrons. The van der Waals surface area contributed by atoms with E-state index in [4.69, 9.17) is 14.2 Å². The lowest BCUT2D eigenvalue weighted by Crippen LogP contribution is -2.85. The van der Waals surface area contributed by atoms with Crippen LogP contribution in [0.5, 0.6) is 0 Å². The molecule has 3 saturated heterocycles. The maximum absolute atomic E-state index is 14.1. The molecule has 4 bridgehead atoms. The summed E-state index contributed by atoms with van der Waals surface area (Å²) in [7, 11) is 1.44. The Bertz CT molecular complexity index is 1100. The van der Waals surface area contributed by atoms with Gasteiger partial charge in [-0.05, 0) is 31.9 Å². The van der Waals surface area contributed by atoms with Crippen molar-refractivity contribution in [2.75, 3.05) is 25.6 Å². The number of anilines is 1. The number of nitrogens with zero attached hydrogens (tertiary/aromatic N) is 1. The molecule has 4 heterocycles. The number of rotatable bonds is 3. The van der Waals surface area contributed by atoms with Crippen LogP contribution < -0.4 is 5.32 Å². The number of para-hydroxylation sites is 1. The van der Waals surface area contributed by atoms with Gasteiger partial charge in [0.2, 0.25) is 0 Å². The number of carbonyl (C=O) groups excluding carboxylic acids is 2. The van der Waals surface area contributed by atoms with Crippen LogP contribution in [-0.4, -0.2) is 54.6 Å². The van der Waals surface area contributed by atoms with Gasteiger partial charge >= 0.3 is 11.9 Å². The number of nitrogens with one attached hydrogen (secondary N) is 1. The van der Waals surface area contributed by atoms with E-state index in [0.29, 0.717) is 19.4 Å². The van der Waals surface area contributed by atoms with Crippen LogP contribution in [0, 0.1) is 10.8 Å². The molecule has 1 aromatic rings. The Kier molecular flexibility index (Phi) is 3.64. The molecule has 1 spiro atoms. The van der Waals surface area contributed by atoms with Crippen molar-refractivity contribution in [3.8, 4) is 0 Å². The first-order chi connectivity index (χ1) is 15.2. The number of fused-ring (bicyclic) bond motifs is 4. The Morgan fingerprint density at radius 3 is 2.75 bits per heavy atom. The summed E-state index contributed by atoms with van der Waals surface area (Å²) in [6.07, 6.45) is 3.31. The van der Waals surface area contributed by atoms with E-state index in [0.717, 1.165) is 11.3 Å². The predicted molar refractivity (Wildman–Crippen MR) is 117 cm³/mol. The molecule has 6 atom stereocenters. The molecular weight excluding hydrogens is 408 g/mol. The standard InChI is InChI=1S/C25H30N2O5/c1-6-16-12-27-19-11-23-17-9-7-8-10-18(17)26-25(23,32-19)22(27,4)13-21(16,3)24(23,20(29)30-5)14-31-15(2)28/h6-10,19,26H,11-14H2,1-5H3/b16-6-. The molecule has 4 fully saturated rings. The van der Waals surface area contributed by atoms with E-state index in [-0.39, 0.29) is 24.3 Å². The fraction of sp³-hybridized carbons (Fsp3) is 0.600. The van der Waals surface area contributed by atoms with Crippen LogP contribution in [0.25, 0.3) is 0 Å². The highest BCUT2D eigenvalue weighted by Gasteiger charge is 2.92. The van der Waals surface area contributed by atoms with E-state index in [9.17, 15) is 9.59 Å². The topological polar surface area (TPSA) is 77.1 Å². The van der Waals surface area contributed by atoms with Crippen molar-refractivity contribution in [2.45, 2.75) is 63.4 Å². The Balaban J connectivity index is 1.76. The lowest BCUT2D eigenvalue weighted by Gasteiger charge is -2.72. The fourth-order valence-corrected chi connectivity index (χ4v) is 8.55. The number of benzene rings is 1. The van der Waals surface area contributed by atoms with Gasteiger partial charge in [-0.15, -0.1) is 0 Å². The van der Waals surface area contributed by atoms with Crippen molar-refractivity contribution in [3.05, 3.63) is 41.5 Å². The molecular formula is C25H30N2O5. The zero-order valence-electron chi connectivity index (χ0n) is 19.3. The number of hydrogen-bond donors (Lipinski definition) is 1. The summed E-state index contributed by atoms with van der Waals surface area (Å²) < 4.78 is 18.2. The van der Waals surface area contributed by atoms with E-state index in [2.05, 4.69) is 42.3 Å². The molecule has 1 N–H and O–H groups in total. The van der Waals surface area contributed by atoms with Crippen molar-refractivity contribution < 1.29 is 23.8 Å². The van der Waals surface area contributed by atoms with E-state index in [1.807, 2.05) is 19.1 Å². The number of piperidine rings is 2. The second-order valence-electron chi connectivity index (χ2n) is 10.4. The van der Waals surface area contributed by atoms with E-state index >= 15 is 0 Å². The van der Waals surface area contributed by atoms with Gasteiger partial charge in [-0.1, -0.05) is 36.8 Å². The highest BCUT2D eigenvalue weighted by atomic mass is 16.6. The first kappa shape index (κ1) is 20.2. The van der Waals surface area contributed by atoms with Crippen molar-refractivity contribution in [1.82, 2.24) is 4.90 Å². The van der Waals surface area contributed by atoms with Crippen LogP contribution in [0.4, 0.5) is 5.69 Å². The lowest BCUT2D eigenvalue weighted by atomic mass is 9.34. The second-order valence-corrected chi connectivity index (χ2v) is 10.4. The third kappa shape index (κ3) is 1.69. The van der Waals surface area contributed by atoms with Crippen molar-refractivity contribution in [3.63, 3.8) is 0 Å². The summed E-state index contributed by atoms with van der Waals surface area (Å²) in [4.78, 5) is 28.7. The van der Waals surface area contributed by atoms with Crippen LogP contribution in [-0.2, 0) is 29.2 Å². The van der Waals surface area contributed by atoms with E-state index in [1.54, 1.807) is 0 Å². The minimum Gasteiger partial charge on any atom is -0.468 e. The van der Waals surface area contributed by atoms with Crippen LogP contribution in [0.15, 0.2) is 35.9 Å². The lowest BCUT2D eigenvalue weighted by molar-refractivity contribution is -0.231. The summed E-state index contributed by atoms with van der Waals surface area (Å²) in [6, 6.07) is 8.16. The van der Waals surface area contributed by atoms with Gasteiger partial charge in [0.25, 0.3) is 0 Å². The van der Waals surface area contributed by atoms with Crippen molar-refractivity contribution in [2.24, 2.45) is 10.8 Å². The van der Waals surface area contributed by atoms with Gasteiger partial charge in [0.1, 0.15) is 18.2 Å². The van der Waals surface area contributed by atoms with E-state index in [1.165, 1.54) is 19.6 Å². The molecule has 1 aliphatic carbocycles. The van der Waals surface area contributed by atoms with Gasteiger partial charge in [-0.25, -0.2) is 0 Å². The number of methoxy groups -OCH3 is 1. The quantitative estimate of drug-likeness (QED) is 0.574. The Morgan fingerprint density at radius 2 is 2.06 bits per heavy atom. The highest BCUT2D eigenvalue weighted by Crippen LogP contribution is 2.82. The largest absolute Gasteiger partial charge is 0.468 e. The van der Waals surface area contributed by atoms with Crippen molar-refractivity contribution in [1.29, 1.82) is 0 Å². The van der Waals surface area contributed by atoms with Gasteiger partial charge in [0.05, 0.1) is 18.1 Å². The third-order valence-corrected chi connectivity index (χ3v) is 9.62. The minimum atomic E-state index is -1.15. The molecule has 7 heteroatoms. The monoisotopic (exact) mass is 438 g/mol. The molecule has 4 aliphatic heterocycles. The molecule has 32 heavy (non-hydrogen) atoms. The molecule has 0 radical (unpaired) electrons. The summed E-state index contributed by atoms with van der Waals surface area (Å²) in [5.41, 5.74) is -0.459. The van der Waals surface area contributed by atoms with Crippen LogP contribution >= 0.6 is 0 Å². The molecule has 5 aliphatic rings. The summed E-state index contributed by atoms with van der Waals surface area (Å²) in [5.74, 6) is -0.747. The van der Waals surface area contributed by atoms with Crippen LogP contribution in [0.1, 0.15) is 46.1 Å². The highest BCUT2D eigenvalue weighted by molar-refractivity contribution is 5.87. The maximum atomic E-state index is 14.1. The number of hydrogen-bond acceptors (Lipinski definition) is 7. The van der Waals surface area contributed by atoms with Crippen LogP contribution in [0.2, 0.25) is 0 Å². The van der Waals surface area contributed by atoms with Gasteiger partial charge in [-0.3, -0.25) is 14.5 Å². The summed E-state index contributed by atoms with van der Waals surface area (Å²) in [6.45, 7) is 8.51. The average molecular weight is 439 g/mol. The smallest absolute Gasteiger partial charge is 0.317 e. The van der Waals surface area contributed by atoms with Gasteiger partial charge in [0.15, 0.2) is 5.72 Å². The zero-order chi connectivity index (χ0) is 22.7. The van der Waals surface area contributed by atoms with Crippen molar-refractivity contribution >= 4 is 17.6 Å². The molecule has 1 saturated carbocycles.